The maximum absolute atomic E-state index is 13.9. The number of hydrogen-bond acceptors (Lipinski definition) is 7. The number of rotatable bonds is 17. The number of fused-ring (bicyclic) bond motifs is 2. The number of aromatic hydroxyl groups is 1. The lowest BCUT2D eigenvalue weighted by atomic mass is 10.0. The summed E-state index contributed by atoms with van der Waals surface area (Å²) in [6.07, 6.45) is 3.99. The van der Waals surface area contributed by atoms with Gasteiger partial charge in [0.2, 0.25) is 17.7 Å². The van der Waals surface area contributed by atoms with E-state index in [1.807, 2.05) is 48.5 Å². The van der Waals surface area contributed by atoms with Gasteiger partial charge in [-0.25, -0.2) is 4.79 Å². The van der Waals surface area contributed by atoms with Crippen LogP contribution in [-0.2, 0) is 38.4 Å². The number of benzene rings is 3. The number of nitrogens with zero attached hydrogens (tertiary/aromatic N) is 1. The number of aliphatic imine (C=N–C) groups is 1. The summed E-state index contributed by atoms with van der Waals surface area (Å²) in [5.41, 5.74) is 21.1. The zero-order chi connectivity index (χ0) is 37.2. The predicted octanol–water partition coefficient (Wildman–Crippen LogP) is 1.30. The summed E-state index contributed by atoms with van der Waals surface area (Å²) >= 11 is 0. The number of aromatic amines is 2. The Morgan fingerprint density at radius 1 is 0.692 bits per heavy atom. The summed E-state index contributed by atoms with van der Waals surface area (Å²) < 4.78 is 0. The van der Waals surface area contributed by atoms with Gasteiger partial charge in [-0.3, -0.25) is 19.4 Å². The summed E-state index contributed by atoms with van der Waals surface area (Å²) in [7, 11) is 0. The summed E-state index contributed by atoms with van der Waals surface area (Å²) in [5, 5.41) is 29.7. The molecule has 5 aromatic rings. The molecule has 0 saturated carbocycles. The van der Waals surface area contributed by atoms with Gasteiger partial charge in [0.05, 0.1) is 6.04 Å². The smallest absolute Gasteiger partial charge is 0.326 e. The molecule has 13 N–H and O–H groups in total. The van der Waals surface area contributed by atoms with Crippen LogP contribution in [0.4, 0.5) is 0 Å². The number of carbonyl (C=O) groups excluding carboxylic acids is 3. The largest absolute Gasteiger partial charge is 0.508 e. The summed E-state index contributed by atoms with van der Waals surface area (Å²) in [6.45, 7) is 0.176. The molecule has 5 rings (SSSR count). The van der Waals surface area contributed by atoms with Crippen molar-refractivity contribution >= 4 is 51.5 Å². The molecule has 0 aliphatic heterocycles. The van der Waals surface area contributed by atoms with E-state index >= 15 is 0 Å². The monoisotopic (exact) mass is 709 g/mol. The molecular weight excluding hydrogens is 666 g/mol. The van der Waals surface area contributed by atoms with Gasteiger partial charge in [-0.05, 0) is 60.2 Å². The average Bonchev–Trinajstić information content (AvgIpc) is 3.73. The fourth-order valence-electron chi connectivity index (χ4n) is 6.02. The van der Waals surface area contributed by atoms with Gasteiger partial charge in [0, 0.05) is 53.6 Å². The lowest BCUT2D eigenvalue weighted by molar-refractivity contribution is -0.142. The third kappa shape index (κ3) is 9.66. The molecule has 2 aromatic heterocycles. The molecule has 4 unspecified atom stereocenters. The normalized spacial score (nSPS) is 13.5. The minimum Gasteiger partial charge on any atom is -0.508 e. The number of amides is 3. The Morgan fingerprint density at radius 3 is 1.83 bits per heavy atom. The third-order valence-electron chi connectivity index (χ3n) is 8.75. The van der Waals surface area contributed by atoms with E-state index in [-0.39, 0.29) is 43.9 Å². The van der Waals surface area contributed by atoms with Crippen molar-refractivity contribution in [3.05, 3.63) is 102 Å². The number of hydrogen-bond donors (Lipinski definition) is 10. The first kappa shape index (κ1) is 36.9. The SMILES string of the molecule is NC(N)=NCCCC(NC(=O)C(N)Cc1c[nH]c2ccccc12)C(=O)NC(Cc1ccc(O)cc1)C(=O)NC(Cc1c[nH]c2ccccc12)C(=O)O. The first-order valence-corrected chi connectivity index (χ1v) is 16.8. The van der Waals surface area contributed by atoms with Crippen LogP contribution >= 0.6 is 0 Å². The Kier molecular flexibility index (Phi) is 12.1. The number of carbonyl (C=O) groups is 4. The maximum atomic E-state index is 13.9. The first-order valence-electron chi connectivity index (χ1n) is 16.8. The fraction of sp³-hybridized carbons (Fsp3) is 0.270. The van der Waals surface area contributed by atoms with Crippen molar-refractivity contribution in [3.63, 3.8) is 0 Å². The number of para-hydroxylation sites is 2. The fourth-order valence-corrected chi connectivity index (χ4v) is 6.02. The van der Waals surface area contributed by atoms with Gasteiger partial charge >= 0.3 is 5.97 Å². The molecule has 3 aromatic carbocycles. The number of aromatic nitrogens is 2. The molecular formula is C37H43N9O6. The Morgan fingerprint density at radius 2 is 1.23 bits per heavy atom. The second-order valence-electron chi connectivity index (χ2n) is 12.6. The Labute approximate surface area is 299 Å². The molecule has 4 atom stereocenters. The number of nitrogens with one attached hydrogen (secondary N) is 5. The molecule has 0 radical (unpaired) electrons. The highest BCUT2D eigenvalue weighted by Crippen LogP contribution is 2.21. The van der Waals surface area contributed by atoms with E-state index in [1.165, 1.54) is 12.1 Å². The van der Waals surface area contributed by atoms with Crippen molar-refractivity contribution in [2.45, 2.75) is 56.3 Å². The van der Waals surface area contributed by atoms with E-state index in [4.69, 9.17) is 17.2 Å². The number of phenolic OH excluding ortho intramolecular Hbond substituents is 1. The van der Waals surface area contributed by atoms with Crippen LogP contribution in [0.25, 0.3) is 21.8 Å². The number of nitrogens with two attached hydrogens (primary N) is 3. The van der Waals surface area contributed by atoms with E-state index in [2.05, 4.69) is 30.9 Å². The van der Waals surface area contributed by atoms with E-state index < -0.39 is 47.9 Å². The molecule has 0 saturated heterocycles. The van der Waals surface area contributed by atoms with Crippen LogP contribution < -0.4 is 33.2 Å². The van der Waals surface area contributed by atoms with Gasteiger partial charge in [-0.2, -0.15) is 0 Å². The van der Waals surface area contributed by atoms with Crippen molar-refractivity contribution in [3.8, 4) is 5.75 Å². The van der Waals surface area contributed by atoms with Gasteiger partial charge in [-0.1, -0.05) is 48.5 Å². The Balaban J connectivity index is 1.34. The number of aliphatic carboxylic acids is 1. The number of guanidine groups is 1. The second-order valence-corrected chi connectivity index (χ2v) is 12.6. The highest BCUT2D eigenvalue weighted by Gasteiger charge is 2.31. The quantitative estimate of drug-likeness (QED) is 0.0378. The molecule has 0 aliphatic carbocycles. The highest BCUT2D eigenvalue weighted by atomic mass is 16.4. The van der Waals surface area contributed by atoms with Gasteiger partial charge in [0.15, 0.2) is 5.96 Å². The zero-order valence-corrected chi connectivity index (χ0v) is 28.3. The van der Waals surface area contributed by atoms with Crippen molar-refractivity contribution in [1.29, 1.82) is 0 Å². The molecule has 15 nitrogen and oxygen atoms in total. The van der Waals surface area contributed by atoms with Crippen LogP contribution in [0.2, 0.25) is 0 Å². The predicted molar refractivity (Wildman–Crippen MR) is 197 cm³/mol. The van der Waals surface area contributed by atoms with Crippen LogP contribution in [0.1, 0.15) is 29.5 Å². The Bertz CT molecular complexity index is 2050. The van der Waals surface area contributed by atoms with E-state index in [0.29, 0.717) is 17.5 Å². The standard InChI is InChI=1S/C37H43N9O6/c38-27(17-22-19-42-28-8-3-1-6-25(22)28)33(48)44-30(10-5-15-41-37(39)40)34(49)45-31(16-21-11-13-24(47)14-12-21)35(50)46-32(36(51)52)18-23-20-43-29-9-4-2-7-26(23)29/h1-4,6-9,11-14,19-20,27,30-32,42-43,47H,5,10,15-18,38H2,(H,44,48)(H,45,49)(H,46,50)(H,51,52)(H4,39,40,41). The summed E-state index contributed by atoms with van der Waals surface area (Å²) in [4.78, 5) is 63.7. The molecule has 2 heterocycles. The van der Waals surface area contributed by atoms with Crippen molar-refractivity contribution in [2.24, 2.45) is 22.2 Å². The molecule has 272 valence electrons. The van der Waals surface area contributed by atoms with Crippen molar-refractivity contribution < 1.29 is 29.4 Å². The molecule has 52 heavy (non-hydrogen) atoms. The molecule has 0 aliphatic rings. The van der Waals surface area contributed by atoms with Crippen LogP contribution in [0.15, 0.2) is 90.2 Å². The van der Waals surface area contributed by atoms with Gasteiger partial charge in [-0.15, -0.1) is 0 Å². The van der Waals surface area contributed by atoms with E-state index in [0.717, 1.165) is 27.4 Å². The number of phenols is 1. The maximum Gasteiger partial charge on any atom is 0.326 e. The number of H-pyrrole nitrogens is 2. The van der Waals surface area contributed by atoms with Crippen molar-refractivity contribution in [1.82, 2.24) is 25.9 Å². The van der Waals surface area contributed by atoms with Crippen LogP contribution in [0.3, 0.4) is 0 Å². The van der Waals surface area contributed by atoms with Crippen LogP contribution in [0, 0.1) is 0 Å². The lowest BCUT2D eigenvalue weighted by Gasteiger charge is -2.25. The second kappa shape index (κ2) is 17.0. The highest BCUT2D eigenvalue weighted by molar-refractivity contribution is 5.95. The Hall–Kier alpha value is -6.35. The molecule has 0 fully saturated rings. The third-order valence-corrected chi connectivity index (χ3v) is 8.75. The van der Waals surface area contributed by atoms with Crippen LogP contribution in [-0.4, -0.2) is 80.5 Å². The van der Waals surface area contributed by atoms with Crippen LogP contribution in [0.5, 0.6) is 5.75 Å². The average molecular weight is 710 g/mol. The van der Waals surface area contributed by atoms with E-state index in [9.17, 15) is 29.4 Å². The molecule has 0 spiro atoms. The number of carboxylic acids is 1. The van der Waals surface area contributed by atoms with Crippen molar-refractivity contribution in [2.75, 3.05) is 6.54 Å². The first-order chi connectivity index (χ1) is 25.0. The summed E-state index contributed by atoms with van der Waals surface area (Å²) in [6, 6.07) is 16.3. The minimum atomic E-state index is -1.33. The van der Waals surface area contributed by atoms with Gasteiger partial charge < -0.3 is 53.3 Å². The van der Waals surface area contributed by atoms with Gasteiger partial charge in [0.25, 0.3) is 0 Å². The lowest BCUT2D eigenvalue weighted by Crippen LogP contribution is -2.58. The molecule has 15 heteroatoms. The molecule has 0 bridgehead atoms. The van der Waals surface area contributed by atoms with E-state index in [1.54, 1.807) is 24.5 Å². The minimum absolute atomic E-state index is 0.00554. The number of carboxylic acid groups (broad SMARTS) is 1. The summed E-state index contributed by atoms with van der Waals surface area (Å²) in [5.74, 6) is -3.42. The zero-order valence-electron chi connectivity index (χ0n) is 28.3. The topological polar surface area (TPSA) is 267 Å². The van der Waals surface area contributed by atoms with Gasteiger partial charge in [0.1, 0.15) is 23.9 Å². The molecule has 3 amide bonds.